The summed E-state index contributed by atoms with van der Waals surface area (Å²) in [6.45, 7) is 2.75. The van der Waals surface area contributed by atoms with Crippen LogP contribution >= 0.6 is 11.8 Å². The summed E-state index contributed by atoms with van der Waals surface area (Å²) in [7, 11) is 2.19. The van der Waals surface area contributed by atoms with Crippen LogP contribution in [0.3, 0.4) is 0 Å². The highest BCUT2D eigenvalue weighted by Gasteiger charge is 2.19. The molecule has 2 unspecified atom stereocenters. The SMILES string of the molecule is CSCCCC(CN)N(C)CC1CCCCO1. The van der Waals surface area contributed by atoms with Gasteiger partial charge in [-0.3, -0.25) is 4.90 Å². The normalized spacial score (nSPS) is 22.9. The Morgan fingerprint density at radius 2 is 2.29 bits per heavy atom. The van der Waals surface area contributed by atoms with E-state index in [0.717, 1.165) is 19.7 Å². The van der Waals surface area contributed by atoms with E-state index in [2.05, 4.69) is 18.2 Å². The van der Waals surface area contributed by atoms with Crippen molar-refractivity contribution in [2.45, 2.75) is 44.2 Å². The number of nitrogens with zero attached hydrogens (tertiary/aromatic N) is 1. The Labute approximate surface area is 110 Å². The monoisotopic (exact) mass is 260 g/mol. The molecule has 1 fully saturated rings. The molecule has 0 radical (unpaired) electrons. The van der Waals surface area contributed by atoms with E-state index < -0.39 is 0 Å². The Kier molecular flexibility index (Phi) is 8.27. The first kappa shape index (κ1) is 15.3. The third-order valence-corrected chi connectivity index (χ3v) is 4.24. The second kappa shape index (κ2) is 9.20. The molecule has 0 aromatic carbocycles. The van der Waals surface area contributed by atoms with Gasteiger partial charge in [0.15, 0.2) is 0 Å². The van der Waals surface area contributed by atoms with Crippen LogP contribution in [-0.4, -0.2) is 55.8 Å². The van der Waals surface area contributed by atoms with Gasteiger partial charge >= 0.3 is 0 Å². The maximum absolute atomic E-state index is 5.87. The van der Waals surface area contributed by atoms with E-state index >= 15 is 0 Å². The lowest BCUT2D eigenvalue weighted by atomic mass is 10.1. The molecule has 17 heavy (non-hydrogen) atoms. The van der Waals surface area contributed by atoms with Crippen LogP contribution in [0, 0.1) is 0 Å². The quantitative estimate of drug-likeness (QED) is 0.677. The van der Waals surface area contributed by atoms with E-state index in [1.807, 2.05) is 11.8 Å². The summed E-state index contributed by atoms with van der Waals surface area (Å²) < 4.78 is 5.78. The predicted octanol–water partition coefficient (Wildman–Crippen LogP) is 1.96. The number of thioether (sulfide) groups is 1. The molecule has 2 N–H and O–H groups in total. The predicted molar refractivity (Wildman–Crippen MR) is 76.7 cm³/mol. The average Bonchev–Trinajstić information content (AvgIpc) is 2.36. The van der Waals surface area contributed by atoms with Gasteiger partial charge in [-0.15, -0.1) is 0 Å². The zero-order valence-corrected chi connectivity index (χ0v) is 12.2. The molecule has 0 bridgehead atoms. The summed E-state index contributed by atoms with van der Waals surface area (Å²) >= 11 is 1.92. The molecule has 0 aromatic rings. The van der Waals surface area contributed by atoms with Gasteiger partial charge in [-0.05, 0) is 51.2 Å². The molecule has 0 amide bonds. The molecule has 0 saturated carbocycles. The van der Waals surface area contributed by atoms with Crippen molar-refractivity contribution in [2.24, 2.45) is 5.73 Å². The number of likely N-dealkylation sites (N-methyl/N-ethyl adjacent to an activating group) is 1. The lowest BCUT2D eigenvalue weighted by Gasteiger charge is -2.32. The van der Waals surface area contributed by atoms with E-state index in [4.69, 9.17) is 10.5 Å². The van der Waals surface area contributed by atoms with Gasteiger partial charge in [-0.1, -0.05) is 0 Å². The molecule has 0 aliphatic carbocycles. The first-order chi connectivity index (χ1) is 8.27. The van der Waals surface area contributed by atoms with Crippen LogP contribution in [0.25, 0.3) is 0 Å². The first-order valence-electron chi connectivity index (χ1n) is 6.78. The van der Waals surface area contributed by atoms with Gasteiger partial charge in [0.05, 0.1) is 6.10 Å². The van der Waals surface area contributed by atoms with Gasteiger partial charge in [0.2, 0.25) is 0 Å². The smallest absolute Gasteiger partial charge is 0.0702 e. The van der Waals surface area contributed by atoms with Crippen LogP contribution in [-0.2, 0) is 4.74 Å². The van der Waals surface area contributed by atoms with Crippen molar-refractivity contribution in [2.75, 3.05) is 38.8 Å². The Balaban J connectivity index is 2.23. The van der Waals surface area contributed by atoms with Gasteiger partial charge in [-0.2, -0.15) is 11.8 Å². The zero-order valence-electron chi connectivity index (χ0n) is 11.4. The van der Waals surface area contributed by atoms with Gasteiger partial charge in [-0.25, -0.2) is 0 Å². The third kappa shape index (κ3) is 6.09. The largest absolute Gasteiger partial charge is 0.377 e. The lowest BCUT2D eigenvalue weighted by Crippen LogP contribution is -2.43. The fourth-order valence-electron chi connectivity index (χ4n) is 2.40. The van der Waals surface area contributed by atoms with Crippen molar-refractivity contribution in [3.8, 4) is 0 Å². The van der Waals surface area contributed by atoms with Crippen molar-refractivity contribution in [1.82, 2.24) is 4.90 Å². The summed E-state index contributed by atoms with van der Waals surface area (Å²) in [6.07, 6.45) is 8.83. The second-order valence-electron chi connectivity index (χ2n) is 4.95. The maximum Gasteiger partial charge on any atom is 0.0702 e. The Morgan fingerprint density at radius 3 is 2.88 bits per heavy atom. The number of hydrogen-bond donors (Lipinski definition) is 1. The molecule has 102 valence electrons. The molecule has 4 heteroatoms. The minimum Gasteiger partial charge on any atom is -0.377 e. The molecule has 1 saturated heterocycles. The van der Waals surface area contributed by atoms with E-state index in [1.54, 1.807) is 0 Å². The lowest BCUT2D eigenvalue weighted by molar-refractivity contribution is -0.00814. The highest BCUT2D eigenvalue weighted by Crippen LogP contribution is 2.15. The fraction of sp³-hybridized carbons (Fsp3) is 1.00. The molecule has 3 nitrogen and oxygen atoms in total. The van der Waals surface area contributed by atoms with Crippen LogP contribution < -0.4 is 5.73 Å². The van der Waals surface area contributed by atoms with E-state index in [0.29, 0.717) is 12.1 Å². The van der Waals surface area contributed by atoms with Crippen LogP contribution in [0.5, 0.6) is 0 Å². The van der Waals surface area contributed by atoms with E-state index in [9.17, 15) is 0 Å². The molecule has 1 aliphatic heterocycles. The third-order valence-electron chi connectivity index (χ3n) is 3.55. The number of nitrogens with two attached hydrogens (primary N) is 1. The van der Waals surface area contributed by atoms with Gasteiger partial charge in [0, 0.05) is 25.7 Å². The van der Waals surface area contributed by atoms with E-state index in [-0.39, 0.29) is 0 Å². The molecule has 1 rings (SSSR count). The Morgan fingerprint density at radius 1 is 1.47 bits per heavy atom. The molecule has 0 aromatic heterocycles. The summed E-state index contributed by atoms with van der Waals surface area (Å²) in [5, 5.41) is 0. The van der Waals surface area contributed by atoms with Crippen molar-refractivity contribution in [1.29, 1.82) is 0 Å². The summed E-state index contributed by atoms with van der Waals surface area (Å²) in [4.78, 5) is 2.40. The first-order valence-corrected chi connectivity index (χ1v) is 8.18. The van der Waals surface area contributed by atoms with Gasteiger partial charge in [0.25, 0.3) is 0 Å². The van der Waals surface area contributed by atoms with Crippen LogP contribution in [0.1, 0.15) is 32.1 Å². The highest BCUT2D eigenvalue weighted by molar-refractivity contribution is 7.98. The van der Waals surface area contributed by atoms with Crippen molar-refractivity contribution in [3.63, 3.8) is 0 Å². The van der Waals surface area contributed by atoms with Crippen molar-refractivity contribution in [3.05, 3.63) is 0 Å². The molecule has 2 atom stereocenters. The zero-order chi connectivity index (χ0) is 12.5. The van der Waals surface area contributed by atoms with Gasteiger partial charge < -0.3 is 10.5 Å². The van der Waals surface area contributed by atoms with Crippen LogP contribution in [0.4, 0.5) is 0 Å². The number of rotatable bonds is 8. The minimum absolute atomic E-state index is 0.434. The Bertz CT molecular complexity index is 186. The second-order valence-corrected chi connectivity index (χ2v) is 5.94. The summed E-state index contributed by atoms with van der Waals surface area (Å²) in [5.74, 6) is 1.24. The van der Waals surface area contributed by atoms with Gasteiger partial charge in [0.1, 0.15) is 0 Å². The van der Waals surface area contributed by atoms with Crippen LogP contribution in [0.15, 0.2) is 0 Å². The summed E-state index contributed by atoms with van der Waals surface area (Å²) in [6, 6.07) is 0.521. The average molecular weight is 260 g/mol. The summed E-state index contributed by atoms with van der Waals surface area (Å²) in [5.41, 5.74) is 5.87. The minimum atomic E-state index is 0.434. The number of ether oxygens (including phenoxy) is 1. The molecule has 1 aliphatic rings. The highest BCUT2D eigenvalue weighted by atomic mass is 32.2. The standard InChI is InChI=1S/C13H28N2OS/c1-15(11-13-7-3-4-8-16-13)12(10-14)6-5-9-17-2/h12-13H,3-11,14H2,1-2H3. The van der Waals surface area contributed by atoms with Crippen LogP contribution in [0.2, 0.25) is 0 Å². The topological polar surface area (TPSA) is 38.5 Å². The maximum atomic E-state index is 5.87. The molecule has 0 spiro atoms. The molecule has 1 heterocycles. The Hall–Kier alpha value is 0.230. The molecular weight excluding hydrogens is 232 g/mol. The fourth-order valence-corrected chi connectivity index (χ4v) is 2.86. The van der Waals surface area contributed by atoms with Crippen molar-refractivity contribution >= 4 is 11.8 Å². The number of hydrogen-bond acceptors (Lipinski definition) is 4. The van der Waals surface area contributed by atoms with E-state index in [1.165, 1.54) is 37.9 Å². The molecular formula is C13H28N2OS. The van der Waals surface area contributed by atoms with Crippen molar-refractivity contribution < 1.29 is 4.74 Å².